The third-order valence-corrected chi connectivity index (χ3v) is 3.62. The zero-order valence-corrected chi connectivity index (χ0v) is 10.7. The fourth-order valence-corrected chi connectivity index (χ4v) is 2.65. The summed E-state index contributed by atoms with van der Waals surface area (Å²) in [7, 11) is 0. The summed E-state index contributed by atoms with van der Waals surface area (Å²) in [6.45, 7) is 1.44. The number of para-hydroxylation sites is 1. The molecule has 1 aromatic carbocycles. The molecule has 1 aliphatic rings. The van der Waals surface area contributed by atoms with Crippen LogP contribution in [0.5, 0.6) is 0 Å². The van der Waals surface area contributed by atoms with Gasteiger partial charge in [-0.2, -0.15) is 0 Å². The van der Waals surface area contributed by atoms with Gasteiger partial charge in [-0.15, -0.1) is 0 Å². The molecule has 0 unspecified atom stereocenters. The van der Waals surface area contributed by atoms with Gasteiger partial charge in [0, 0.05) is 30.7 Å². The van der Waals surface area contributed by atoms with E-state index in [1.165, 1.54) is 0 Å². The first-order valence-electron chi connectivity index (χ1n) is 6.64. The number of benzene rings is 1. The van der Waals surface area contributed by atoms with Crippen molar-refractivity contribution >= 4 is 16.8 Å². The van der Waals surface area contributed by atoms with Crippen LogP contribution in [0.2, 0.25) is 0 Å². The quantitative estimate of drug-likeness (QED) is 0.845. The second-order valence-electron chi connectivity index (χ2n) is 5.03. The third kappa shape index (κ3) is 2.31. The summed E-state index contributed by atoms with van der Waals surface area (Å²) in [5, 5.41) is 0.911. The van der Waals surface area contributed by atoms with Crippen LogP contribution in [0.1, 0.15) is 23.2 Å². The van der Waals surface area contributed by atoms with Gasteiger partial charge in [-0.05, 0) is 25.0 Å². The van der Waals surface area contributed by atoms with Gasteiger partial charge >= 0.3 is 0 Å². The monoisotopic (exact) mass is 255 g/mol. The molecule has 1 atom stereocenters. The number of nitrogens with two attached hydrogens (primary N) is 1. The van der Waals surface area contributed by atoms with E-state index in [9.17, 15) is 4.79 Å². The highest BCUT2D eigenvalue weighted by Gasteiger charge is 2.23. The molecule has 4 nitrogen and oxygen atoms in total. The Labute approximate surface area is 112 Å². The molecule has 0 saturated carbocycles. The molecule has 98 valence electrons. The van der Waals surface area contributed by atoms with Gasteiger partial charge in [0.25, 0.3) is 5.91 Å². The minimum Gasteiger partial charge on any atom is -0.337 e. The number of amides is 1. The molecule has 2 heterocycles. The van der Waals surface area contributed by atoms with E-state index in [0.717, 1.165) is 35.9 Å². The lowest BCUT2D eigenvalue weighted by molar-refractivity contribution is 0.0711. The summed E-state index contributed by atoms with van der Waals surface area (Å²) in [5.74, 6) is 0.0637. The number of hydrogen-bond donors (Lipinski definition) is 1. The average molecular weight is 255 g/mol. The van der Waals surface area contributed by atoms with Crippen molar-refractivity contribution in [3.63, 3.8) is 0 Å². The first-order valence-corrected chi connectivity index (χ1v) is 6.64. The number of piperidine rings is 1. The molecule has 0 aliphatic carbocycles. The molecule has 1 amide bonds. The highest BCUT2D eigenvalue weighted by atomic mass is 16.2. The van der Waals surface area contributed by atoms with Gasteiger partial charge in [-0.25, -0.2) is 0 Å². The Bertz CT molecular complexity index is 606. The molecule has 0 bridgehead atoms. The van der Waals surface area contributed by atoms with E-state index < -0.39 is 0 Å². The number of fused-ring (bicyclic) bond motifs is 1. The fraction of sp³-hybridized carbons (Fsp3) is 0.333. The lowest BCUT2D eigenvalue weighted by Gasteiger charge is -2.31. The van der Waals surface area contributed by atoms with E-state index in [4.69, 9.17) is 5.73 Å². The van der Waals surface area contributed by atoms with Crippen molar-refractivity contribution in [2.75, 3.05) is 13.1 Å². The molecule has 4 heteroatoms. The summed E-state index contributed by atoms with van der Waals surface area (Å²) >= 11 is 0. The van der Waals surface area contributed by atoms with Crippen molar-refractivity contribution < 1.29 is 4.79 Å². The fourth-order valence-electron chi connectivity index (χ4n) is 2.65. The lowest BCUT2D eigenvalue weighted by atomic mass is 10.0. The van der Waals surface area contributed by atoms with Crippen LogP contribution in [0.4, 0.5) is 0 Å². The molecule has 19 heavy (non-hydrogen) atoms. The first-order chi connectivity index (χ1) is 9.25. The van der Waals surface area contributed by atoms with E-state index in [2.05, 4.69) is 4.98 Å². The van der Waals surface area contributed by atoms with Gasteiger partial charge in [-0.3, -0.25) is 9.78 Å². The average Bonchev–Trinajstić information content (AvgIpc) is 2.46. The van der Waals surface area contributed by atoms with Crippen LogP contribution in [0.3, 0.4) is 0 Å². The second kappa shape index (κ2) is 4.97. The number of rotatable bonds is 1. The first kappa shape index (κ1) is 12.1. The summed E-state index contributed by atoms with van der Waals surface area (Å²) in [5.41, 5.74) is 7.53. The molecular weight excluding hydrogens is 238 g/mol. The number of nitrogens with zero attached hydrogens (tertiary/aromatic N) is 2. The Morgan fingerprint density at radius 3 is 3.00 bits per heavy atom. The minimum atomic E-state index is 0.0637. The second-order valence-corrected chi connectivity index (χ2v) is 5.03. The maximum absolute atomic E-state index is 12.6. The SMILES string of the molecule is N[C@@H]1CCCN(C(=O)c2ccnc3ccccc23)C1. The number of likely N-dealkylation sites (tertiary alicyclic amines) is 1. The van der Waals surface area contributed by atoms with Gasteiger partial charge < -0.3 is 10.6 Å². The van der Waals surface area contributed by atoms with Crippen LogP contribution in [0.25, 0.3) is 10.9 Å². The molecule has 0 spiro atoms. The van der Waals surface area contributed by atoms with Crippen molar-refractivity contribution in [3.8, 4) is 0 Å². The van der Waals surface area contributed by atoms with Crippen LogP contribution in [0, 0.1) is 0 Å². The van der Waals surface area contributed by atoms with E-state index in [0.29, 0.717) is 6.54 Å². The Balaban J connectivity index is 1.97. The van der Waals surface area contributed by atoms with E-state index in [1.54, 1.807) is 12.3 Å². The predicted molar refractivity (Wildman–Crippen MR) is 74.9 cm³/mol. The number of pyridine rings is 1. The van der Waals surface area contributed by atoms with Crippen molar-refractivity contribution in [2.45, 2.75) is 18.9 Å². The van der Waals surface area contributed by atoms with Crippen LogP contribution >= 0.6 is 0 Å². The number of hydrogen-bond acceptors (Lipinski definition) is 3. The summed E-state index contributed by atoms with van der Waals surface area (Å²) in [4.78, 5) is 18.7. The minimum absolute atomic E-state index is 0.0637. The van der Waals surface area contributed by atoms with E-state index in [-0.39, 0.29) is 11.9 Å². The smallest absolute Gasteiger partial charge is 0.254 e. The largest absolute Gasteiger partial charge is 0.337 e. The zero-order chi connectivity index (χ0) is 13.2. The van der Waals surface area contributed by atoms with E-state index >= 15 is 0 Å². The van der Waals surface area contributed by atoms with Crippen molar-refractivity contribution in [2.24, 2.45) is 5.73 Å². The van der Waals surface area contributed by atoms with Gasteiger partial charge in [-0.1, -0.05) is 18.2 Å². The molecule has 2 aromatic rings. The van der Waals surface area contributed by atoms with Gasteiger partial charge in [0.1, 0.15) is 0 Å². The third-order valence-electron chi connectivity index (χ3n) is 3.62. The number of carbonyl (C=O) groups excluding carboxylic acids is 1. The standard InChI is InChI=1S/C15H17N3O/c16-11-4-3-9-18(10-11)15(19)13-7-8-17-14-6-2-1-5-12(13)14/h1-2,5-8,11H,3-4,9-10,16H2/t11-/m1/s1. The van der Waals surface area contributed by atoms with Crippen LogP contribution in [-0.4, -0.2) is 34.9 Å². The van der Waals surface area contributed by atoms with Gasteiger partial charge in [0.15, 0.2) is 0 Å². The predicted octanol–water partition coefficient (Wildman–Crippen LogP) is 1.80. The maximum atomic E-state index is 12.6. The molecule has 1 aliphatic heterocycles. The molecule has 2 N–H and O–H groups in total. The normalized spacial score (nSPS) is 19.6. The summed E-state index contributed by atoms with van der Waals surface area (Å²) in [6, 6.07) is 9.63. The number of aromatic nitrogens is 1. The highest BCUT2D eigenvalue weighted by molar-refractivity contribution is 6.06. The van der Waals surface area contributed by atoms with Crippen molar-refractivity contribution in [1.82, 2.24) is 9.88 Å². The topological polar surface area (TPSA) is 59.2 Å². The molecule has 3 rings (SSSR count). The summed E-state index contributed by atoms with van der Waals surface area (Å²) in [6.07, 6.45) is 3.68. The molecule has 1 fully saturated rings. The lowest BCUT2D eigenvalue weighted by Crippen LogP contribution is -2.45. The number of carbonyl (C=O) groups is 1. The Morgan fingerprint density at radius 1 is 1.32 bits per heavy atom. The summed E-state index contributed by atoms with van der Waals surface area (Å²) < 4.78 is 0. The van der Waals surface area contributed by atoms with Crippen LogP contribution in [0.15, 0.2) is 36.5 Å². The molecule has 1 aromatic heterocycles. The Morgan fingerprint density at radius 2 is 2.16 bits per heavy atom. The zero-order valence-electron chi connectivity index (χ0n) is 10.7. The van der Waals surface area contributed by atoms with Crippen molar-refractivity contribution in [3.05, 3.63) is 42.1 Å². The molecule has 0 radical (unpaired) electrons. The van der Waals surface area contributed by atoms with Gasteiger partial charge in [0.05, 0.1) is 11.1 Å². The highest BCUT2D eigenvalue weighted by Crippen LogP contribution is 2.19. The van der Waals surface area contributed by atoms with Crippen molar-refractivity contribution in [1.29, 1.82) is 0 Å². The van der Waals surface area contributed by atoms with Crippen LogP contribution in [-0.2, 0) is 0 Å². The van der Waals surface area contributed by atoms with E-state index in [1.807, 2.05) is 29.2 Å². The Hall–Kier alpha value is -1.94. The van der Waals surface area contributed by atoms with Gasteiger partial charge in [0.2, 0.25) is 0 Å². The Kier molecular flexibility index (Phi) is 3.17. The maximum Gasteiger partial charge on any atom is 0.254 e. The van der Waals surface area contributed by atoms with Crippen LogP contribution < -0.4 is 5.73 Å². The molecule has 1 saturated heterocycles. The molecular formula is C15H17N3O.